The van der Waals surface area contributed by atoms with E-state index in [9.17, 15) is 0 Å². The van der Waals surface area contributed by atoms with E-state index in [-0.39, 0.29) is 6.04 Å². The lowest BCUT2D eigenvalue weighted by molar-refractivity contribution is 0.678. The van der Waals surface area contributed by atoms with E-state index < -0.39 is 0 Å². The monoisotopic (exact) mass is 259 g/mol. The smallest absolute Gasteiger partial charge is 0.193 e. The first kappa shape index (κ1) is 11.3. The van der Waals surface area contributed by atoms with Gasteiger partial charge in [-0.25, -0.2) is 15.0 Å². The number of nitrogens with zero attached hydrogens (tertiary/aromatic N) is 4. The molecule has 3 aromatic rings. The van der Waals surface area contributed by atoms with Crippen LogP contribution in [0.15, 0.2) is 30.0 Å². The fourth-order valence-electron chi connectivity index (χ4n) is 1.89. The Morgan fingerprint density at radius 2 is 2.33 bits per heavy atom. The molecule has 5 nitrogen and oxygen atoms in total. The molecule has 0 saturated heterocycles. The van der Waals surface area contributed by atoms with E-state index in [1.807, 2.05) is 35.2 Å². The first-order chi connectivity index (χ1) is 8.72. The molecule has 6 heteroatoms. The maximum absolute atomic E-state index is 6.15. The van der Waals surface area contributed by atoms with Gasteiger partial charge >= 0.3 is 0 Å². The van der Waals surface area contributed by atoms with Gasteiger partial charge in [-0.1, -0.05) is 0 Å². The summed E-state index contributed by atoms with van der Waals surface area (Å²) < 4.78 is 2.01. The number of nitrogens with two attached hydrogens (primary N) is 1. The number of rotatable bonds is 3. The first-order valence-electron chi connectivity index (χ1n) is 5.68. The van der Waals surface area contributed by atoms with Crippen molar-refractivity contribution < 1.29 is 0 Å². The molecule has 0 spiro atoms. The molecule has 1 unspecified atom stereocenters. The lowest BCUT2D eigenvalue weighted by atomic mass is 10.1. The summed E-state index contributed by atoms with van der Waals surface area (Å²) in [6.45, 7) is 1.86. The van der Waals surface area contributed by atoms with Crippen molar-refractivity contribution in [1.29, 1.82) is 0 Å². The molecule has 3 heterocycles. The van der Waals surface area contributed by atoms with E-state index in [0.717, 1.165) is 22.2 Å². The summed E-state index contributed by atoms with van der Waals surface area (Å²) in [6.07, 6.45) is 6.44. The molecule has 0 aliphatic heterocycles. The molecule has 2 N–H and O–H groups in total. The summed E-state index contributed by atoms with van der Waals surface area (Å²) in [5, 5.41) is 2.01. The third-order valence-electron chi connectivity index (χ3n) is 2.75. The van der Waals surface area contributed by atoms with Gasteiger partial charge in [0.2, 0.25) is 0 Å². The van der Waals surface area contributed by atoms with Crippen LogP contribution in [-0.4, -0.2) is 19.4 Å². The van der Waals surface area contributed by atoms with Crippen LogP contribution in [0.5, 0.6) is 0 Å². The lowest BCUT2D eigenvalue weighted by Gasteiger charge is -2.09. The van der Waals surface area contributed by atoms with Crippen molar-refractivity contribution in [1.82, 2.24) is 19.4 Å². The highest BCUT2D eigenvalue weighted by Crippen LogP contribution is 2.16. The fourth-order valence-corrected chi connectivity index (χ4v) is 2.60. The van der Waals surface area contributed by atoms with Gasteiger partial charge in [-0.3, -0.25) is 4.40 Å². The van der Waals surface area contributed by atoms with E-state index in [0.29, 0.717) is 6.42 Å². The SMILES string of the molecule is Cc1nccc(C(N)Cc2cn3ccsc3n2)n1. The van der Waals surface area contributed by atoms with Crippen molar-refractivity contribution in [2.24, 2.45) is 5.73 Å². The van der Waals surface area contributed by atoms with Crippen molar-refractivity contribution in [2.45, 2.75) is 19.4 Å². The molecular weight excluding hydrogens is 246 g/mol. The quantitative estimate of drug-likeness (QED) is 0.777. The van der Waals surface area contributed by atoms with Gasteiger partial charge < -0.3 is 5.73 Å². The van der Waals surface area contributed by atoms with Crippen LogP contribution in [0.3, 0.4) is 0 Å². The van der Waals surface area contributed by atoms with Gasteiger partial charge in [0.1, 0.15) is 5.82 Å². The number of thiazole rings is 1. The Labute approximate surface area is 108 Å². The Morgan fingerprint density at radius 1 is 1.44 bits per heavy atom. The molecule has 3 aromatic heterocycles. The summed E-state index contributed by atoms with van der Waals surface area (Å²) in [6, 6.07) is 1.71. The number of aromatic nitrogens is 4. The number of imidazole rings is 1. The highest BCUT2D eigenvalue weighted by molar-refractivity contribution is 7.15. The first-order valence-corrected chi connectivity index (χ1v) is 6.56. The number of hydrogen-bond donors (Lipinski definition) is 1. The molecule has 18 heavy (non-hydrogen) atoms. The van der Waals surface area contributed by atoms with Gasteiger partial charge in [-0.05, 0) is 13.0 Å². The van der Waals surface area contributed by atoms with Crippen LogP contribution >= 0.6 is 11.3 Å². The standard InChI is InChI=1S/C12H13N5S/c1-8-14-3-2-11(15-8)10(13)6-9-7-17-4-5-18-12(17)16-9/h2-5,7,10H,6,13H2,1H3. The normalized spacial score (nSPS) is 13.0. The topological polar surface area (TPSA) is 69.1 Å². The molecule has 3 rings (SSSR count). The Balaban J connectivity index is 1.81. The summed E-state index contributed by atoms with van der Waals surface area (Å²) >= 11 is 1.62. The molecule has 0 aromatic carbocycles. The van der Waals surface area contributed by atoms with Crippen LogP contribution < -0.4 is 5.73 Å². The zero-order chi connectivity index (χ0) is 12.5. The zero-order valence-corrected chi connectivity index (χ0v) is 10.8. The lowest BCUT2D eigenvalue weighted by Crippen LogP contribution is -2.15. The highest BCUT2D eigenvalue weighted by Gasteiger charge is 2.12. The molecule has 0 bridgehead atoms. The Kier molecular flexibility index (Phi) is 2.81. The van der Waals surface area contributed by atoms with E-state index in [1.54, 1.807) is 17.5 Å². The average Bonchev–Trinajstić information content (AvgIpc) is 2.89. The van der Waals surface area contributed by atoms with Gasteiger partial charge in [0, 0.05) is 30.4 Å². The van der Waals surface area contributed by atoms with Crippen molar-refractivity contribution in [3.63, 3.8) is 0 Å². The number of aryl methyl sites for hydroxylation is 1. The molecule has 0 aliphatic carbocycles. The molecule has 0 saturated carbocycles. The summed E-state index contributed by atoms with van der Waals surface area (Å²) in [5.74, 6) is 0.744. The van der Waals surface area contributed by atoms with Crippen LogP contribution in [0.4, 0.5) is 0 Å². The minimum atomic E-state index is -0.142. The van der Waals surface area contributed by atoms with Crippen LogP contribution in [0.1, 0.15) is 23.3 Å². The second-order valence-electron chi connectivity index (χ2n) is 4.16. The molecule has 0 aliphatic rings. The van der Waals surface area contributed by atoms with Crippen molar-refractivity contribution in [3.05, 3.63) is 47.2 Å². The van der Waals surface area contributed by atoms with Crippen molar-refractivity contribution in [2.75, 3.05) is 0 Å². The second-order valence-corrected chi connectivity index (χ2v) is 5.04. The van der Waals surface area contributed by atoms with E-state index >= 15 is 0 Å². The van der Waals surface area contributed by atoms with Crippen LogP contribution in [0, 0.1) is 6.92 Å². The average molecular weight is 259 g/mol. The predicted molar refractivity (Wildman–Crippen MR) is 70.5 cm³/mol. The predicted octanol–water partition coefficient (Wildman–Crippen LogP) is 1.74. The summed E-state index contributed by atoms with van der Waals surface area (Å²) in [5.41, 5.74) is 8.00. The molecule has 0 amide bonds. The fraction of sp³-hybridized carbons (Fsp3) is 0.250. The van der Waals surface area contributed by atoms with Gasteiger partial charge in [0.25, 0.3) is 0 Å². The Morgan fingerprint density at radius 3 is 3.11 bits per heavy atom. The zero-order valence-electron chi connectivity index (χ0n) is 9.95. The maximum Gasteiger partial charge on any atom is 0.193 e. The van der Waals surface area contributed by atoms with Gasteiger partial charge in [-0.15, -0.1) is 11.3 Å². The number of fused-ring (bicyclic) bond motifs is 1. The highest BCUT2D eigenvalue weighted by atomic mass is 32.1. The minimum absolute atomic E-state index is 0.142. The van der Waals surface area contributed by atoms with E-state index in [1.165, 1.54) is 0 Å². The summed E-state index contributed by atoms with van der Waals surface area (Å²) in [4.78, 5) is 13.9. The molecule has 1 atom stereocenters. The Hall–Kier alpha value is -1.79. The Bertz CT molecular complexity index is 643. The number of hydrogen-bond acceptors (Lipinski definition) is 5. The van der Waals surface area contributed by atoms with Gasteiger partial charge in [-0.2, -0.15) is 0 Å². The third-order valence-corrected chi connectivity index (χ3v) is 3.52. The van der Waals surface area contributed by atoms with Crippen molar-refractivity contribution >= 4 is 16.3 Å². The van der Waals surface area contributed by atoms with E-state index in [2.05, 4.69) is 15.0 Å². The molecule has 0 radical (unpaired) electrons. The maximum atomic E-state index is 6.15. The largest absolute Gasteiger partial charge is 0.322 e. The van der Waals surface area contributed by atoms with Crippen LogP contribution in [0.2, 0.25) is 0 Å². The minimum Gasteiger partial charge on any atom is -0.322 e. The van der Waals surface area contributed by atoms with Crippen LogP contribution in [0.25, 0.3) is 4.96 Å². The third kappa shape index (κ3) is 2.12. The van der Waals surface area contributed by atoms with Crippen molar-refractivity contribution in [3.8, 4) is 0 Å². The van der Waals surface area contributed by atoms with Gasteiger partial charge in [0.05, 0.1) is 17.4 Å². The summed E-state index contributed by atoms with van der Waals surface area (Å²) in [7, 11) is 0. The van der Waals surface area contributed by atoms with Gasteiger partial charge in [0.15, 0.2) is 4.96 Å². The molecular formula is C12H13N5S. The molecule has 92 valence electrons. The van der Waals surface area contributed by atoms with E-state index in [4.69, 9.17) is 5.73 Å². The van der Waals surface area contributed by atoms with Crippen LogP contribution in [-0.2, 0) is 6.42 Å². The molecule has 0 fully saturated rings. The second kappa shape index (κ2) is 4.47.